The lowest BCUT2D eigenvalue weighted by molar-refractivity contribution is -0.283. The highest BCUT2D eigenvalue weighted by Crippen LogP contribution is 2.17. The van der Waals surface area contributed by atoms with Crippen LogP contribution in [0.5, 0.6) is 0 Å². The van der Waals surface area contributed by atoms with Gasteiger partial charge in [-0.1, -0.05) is 11.6 Å². The third-order valence-electron chi connectivity index (χ3n) is 0.264. The molecule has 0 spiro atoms. The van der Waals surface area contributed by atoms with Crippen molar-refractivity contribution >= 4 is 11.6 Å². The molecule has 0 aliphatic heterocycles. The quantitative estimate of drug-likeness (QED) is 0.475. The fourth-order valence-electron chi connectivity index (χ4n) is 0. The van der Waals surface area contributed by atoms with E-state index in [0.29, 0.717) is 0 Å². The highest BCUT2D eigenvalue weighted by Gasteiger charge is 2.37. The number of rotatable bonds is 1. The van der Waals surface area contributed by atoms with Gasteiger partial charge in [-0.2, -0.15) is 13.9 Å². The van der Waals surface area contributed by atoms with E-state index in [-0.39, 0.29) is 0 Å². The Bertz CT molecular complexity index is 59.2. The monoisotopic (exact) mass is 130 g/mol. The molecule has 2 nitrogen and oxygen atoms in total. The summed E-state index contributed by atoms with van der Waals surface area (Å²) in [7, 11) is 0. The van der Waals surface area contributed by atoms with Crippen LogP contribution < -0.4 is 0 Å². The molecule has 0 rings (SSSR count). The number of alkyl halides is 3. The molecule has 0 N–H and O–H groups in total. The zero-order valence-electron chi connectivity index (χ0n) is 3.03. The van der Waals surface area contributed by atoms with Gasteiger partial charge in [0, 0.05) is 0 Å². The third kappa shape index (κ3) is 2.73. The molecule has 0 aliphatic rings. The van der Waals surface area contributed by atoms with E-state index < -0.39 is 11.7 Å². The van der Waals surface area contributed by atoms with E-state index >= 15 is 0 Å². The van der Waals surface area contributed by atoms with Gasteiger partial charge >= 0.3 is 6.11 Å². The molecule has 42 valence electrons. The van der Waals surface area contributed by atoms with Gasteiger partial charge < -0.3 is 0 Å². The van der Waals surface area contributed by atoms with Gasteiger partial charge in [0.05, 0.1) is 0 Å². The van der Waals surface area contributed by atoms with Crippen LogP contribution in [-0.2, 0) is 10.2 Å². The summed E-state index contributed by atoms with van der Waals surface area (Å²) < 4.78 is 21.7. The Morgan fingerprint density at radius 2 is 1.71 bits per heavy atom. The van der Waals surface area contributed by atoms with Gasteiger partial charge in [-0.15, -0.1) is 0 Å². The second-order valence-electron chi connectivity index (χ2n) is 0.878. The van der Waals surface area contributed by atoms with Crippen LogP contribution in [0.3, 0.4) is 0 Å². The van der Waals surface area contributed by atoms with E-state index in [1.165, 1.54) is 0 Å². The predicted octanol–water partition coefficient (Wildman–Crippen LogP) is 1.01. The molecular formula is C2HClF2O2. The van der Waals surface area contributed by atoms with Crippen LogP contribution in [0.1, 0.15) is 0 Å². The van der Waals surface area contributed by atoms with E-state index in [9.17, 15) is 13.9 Å². The van der Waals surface area contributed by atoms with E-state index in [0.717, 1.165) is 0 Å². The predicted molar refractivity (Wildman–Crippen MR) is 16.0 cm³/mol. The minimum absolute atomic E-state index is 2.87. The van der Waals surface area contributed by atoms with Crippen molar-refractivity contribution in [3.8, 4) is 0 Å². The lowest BCUT2D eigenvalue weighted by Crippen LogP contribution is -2.24. The Hall–Kier alpha value is 0.0700. The maximum Gasteiger partial charge on any atom is 0.424 e. The van der Waals surface area contributed by atoms with Crippen LogP contribution in [0, 0.1) is 0 Å². The maximum absolute atomic E-state index is 10.8. The van der Waals surface area contributed by atoms with Gasteiger partial charge in [0.1, 0.15) is 0 Å². The summed E-state index contributed by atoms with van der Waals surface area (Å²) >= 11 is 4.14. The summed E-state index contributed by atoms with van der Waals surface area (Å²) in [5, 5.41) is 18.3. The van der Waals surface area contributed by atoms with Crippen LogP contribution in [0.4, 0.5) is 8.78 Å². The Morgan fingerprint density at radius 3 is 1.71 bits per heavy atom. The van der Waals surface area contributed by atoms with Gasteiger partial charge in [-0.25, -0.2) is 5.11 Å². The minimum Gasteiger partial charge on any atom is -0.206 e. The molecule has 1 unspecified atom stereocenters. The lowest BCUT2D eigenvalue weighted by atomic mass is 10.7. The highest BCUT2D eigenvalue weighted by atomic mass is 35.5. The molecule has 0 aromatic heterocycles. The Kier molecular flexibility index (Phi) is 1.92. The van der Waals surface area contributed by atoms with Gasteiger partial charge in [0.15, 0.2) is 0 Å². The van der Waals surface area contributed by atoms with E-state index in [2.05, 4.69) is 11.6 Å². The average Bonchev–Trinajstić information content (AvgIpc) is 1.31. The molecule has 0 heterocycles. The highest BCUT2D eigenvalue weighted by molar-refractivity contribution is 6.19. The first kappa shape index (κ1) is 7.07. The van der Waals surface area contributed by atoms with Crippen LogP contribution in [0.25, 0.3) is 0 Å². The van der Waals surface area contributed by atoms with E-state index in [4.69, 9.17) is 5.11 Å². The Balaban J connectivity index is 3.54. The summed E-state index contributed by atoms with van der Waals surface area (Å²) in [5.74, 6) is 0. The second-order valence-corrected chi connectivity index (χ2v) is 1.27. The maximum atomic E-state index is 10.8. The van der Waals surface area contributed by atoms with Gasteiger partial charge in [-0.05, 0) is 0 Å². The molecule has 0 aromatic rings. The largest absolute Gasteiger partial charge is 0.424 e. The van der Waals surface area contributed by atoms with Crippen LogP contribution in [0.2, 0.25) is 0 Å². The Labute approximate surface area is 43.3 Å². The van der Waals surface area contributed by atoms with Gasteiger partial charge in [-0.3, -0.25) is 0 Å². The van der Waals surface area contributed by atoms with Crippen LogP contribution >= 0.6 is 11.6 Å². The molecule has 1 atom stereocenters. The number of halogens is 3. The molecule has 0 saturated carbocycles. The summed E-state index contributed by atoms with van der Waals surface area (Å²) in [4.78, 5) is 0. The standard InChI is InChI=1S/C2HClF2O2/c3-1(6)2(4,5)7/h1H. The third-order valence-corrected chi connectivity index (χ3v) is 0.518. The molecule has 0 aliphatic carbocycles. The first-order valence-corrected chi connectivity index (χ1v) is 1.76. The van der Waals surface area contributed by atoms with E-state index in [1.807, 2.05) is 0 Å². The van der Waals surface area contributed by atoms with Crippen LogP contribution in [-0.4, -0.2) is 11.7 Å². The first-order valence-electron chi connectivity index (χ1n) is 1.32. The summed E-state index contributed by atoms with van der Waals surface area (Å²) in [6.45, 7) is 0. The summed E-state index contributed by atoms with van der Waals surface area (Å²) in [6.07, 6.45) is -4.54. The summed E-state index contributed by atoms with van der Waals surface area (Å²) in [6, 6.07) is 0. The molecule has 0 aromatic carbocycles. The lowest BCUT2D eigenvalue weighted by Gasteiger charge is -2.02. The van der Waals surface area contributed by atoms with Crippen molar-refractivity contribution in [2.45, 2.75) is 11.7 Å². The zero-order chi connectivity index (χ0) is 6.08. The number of hydrogen-bond acceptors (Lipinski definition) is 0. The van der Waals surface area contributed by atoms with Crippen molar-refractivity contribution in [1.29, 1.82) is 0 Å². The van der Waals surface area contributed by atoms with Crippen molar-refractivity contribution in [2.75, 3.05) is 0 Å². The van der Waals surface area contributed by atoms with Crippen molar-refractivity contribution in [3.63, 3.8) is 0 Å². The van der Waals surface area contributed by atoms with Crippen molar-refractivity contribution < 1.29 is 19.0 Å². The normalized spacial score (nSPS) is 16.7. The fraction of sp³-hybridized carbons (Fsp3) is 1.00. The fourth-order valence-corrected chi connectivity index (χ4v) is 0. The van der Waals surface area contributed by atoms with E-state index in [1.54, 1.807) is 0 Å². The van der Waals surface area contributed by atoms with Crippen molar-refractivity contribution in [2.24, 2.45) is 0 Å². The molecule has 5 heteroatoms. The first-order chi connectivity index (χ1) is 2.94. The Morgan fingerprint density at radius 1 is 1.57 bits per heavy atom. The molecule has 0 bridgehead atoms. The minimum atomic E-state index is -4.54. The molecule has 7 heavy (non-hydrogen) atoms. The number of hydrogen-bond donors (Lipinski definition) is 0. The van der Waals surface area contributed by atoms with Gasteiger partial charge in [0.2, 0.25) is 0 Å². The molecule has 2 radical (unpaired) electrons. The summed E-state index contributed by atoms with van der Waals surface area (Å²) in [5.41, 5.74) is -2.87. The van der Waals surface area contributed by atoms with Crippen molar-refractivity contribution in [3.05, 3.63) is 0 Å². The topological polar surface area (TPSA) is 39.8 Å². The molecule has 0 amide bonds. The SMILES string of the molecule is [O]C(Cl)C([O])(F)F. The van der Waals surface area contributed by atoms with Crippen LogP contribution in [0.15, 0.2) is 0 Å². The van der Waals surface area contributed by atoms with Gasteiger partial charge in [0.25, 0.3) is 5.56 Å². The molecule has 0 saturated heterocycles. The zero-order valence-corrected chi connectivity index (χ0v) is 3.78. The average molecular weight is 130 g/mol. The second kappa shape index (κ2) is 1.90. The van der Waals surface area contributed by atoms with Crippen molar-refractivity contribution in [1.82, 2.24) is 0 Å². The molecule has 0 fully saturated rings. The smallest absolute Gasteiger partial charge is 0.206 e. The molecular weight excluding hydrogens is 129 g/mol.